The summed E-state index contributed by atoms with van der Waals surface area (Å²) in [5, 5.41) is 5.89. The third kappa shape index (κ3) is 2.24. The topological polar surface area (TPSA) is 49.7 Å². The molecular formula is C21H23ClN2O2. The van der Waals surface area contributed by atoms with Crippen LogP contribution in [0.1, 0.15) is 39.2 Å². The van der Waals surface area contributed by atoms with Gasteiger partial charge in [-0.2, -0.15) is 10.1 Å². The lowest BCUT2D eigenvalue weighted by molar-refractivity contribution is -0.140. The predicted octanol–water partition coefficient (Wildman–Crippen LogP) is 4.29. The number of carbonyl (C=O) groups excluding carboxylic acids is 2. The van der Waals surface area contributed by atoms with Crippen LogP contribution >= 0.6 is 11.6 Å². The van der Waals surface area contributed by atoms with Crippen LogP contribution in [0.3, 0.4) is 0 Å². The quantitative estimate of drug-likeness (QED) is 0.452. The summed E-state index contributed by atoms with van der Waals surface area (Å²) >= 11 is 6.16. The zero-order chi connectivity index (χ0) is 18.7. The zero-order valence-corrected chi connectivity index (χ0v) is 16.0. The van der Waals surface area contributed by atoms with Gasteiger partial charge in [-0.25, -0.2) is 0 Å². The molecule has 5 rings (SSSR count). The summed E-state index contributed by atoms with van der Waals surface area (Å²) in [6, 6.07) is 7.25. The molecule has 4 aliphatic rings. The van der Waals surface area contributed by atoms with Gasteiger partial charge in [-0.1, -0.05) is 62.7 Å². The van der Waals surface area contributed by atoms with E-state index >= 15 is 0 Å². The molecule has 2 bridgehead atoms. The number of amides is 2. The first-order chi connectivity index (χ1) is 12.3. The summed E-state index contributed by atoms with van der Waals surface area (Å²) in [5.41, 5.74) is 0.183. The van der Waals surface area contributed by atoms with Gasteiger partial charge in [0.2, 0.25) is 0 Å². The van der Waals surface area contributed by atoms with E-state index in [-0.39, 0.29) is 34.5 Å². The number of carbonyl (C=O) groups is 2. The van der Waals surface area contributed by atoms with E-state index in [9.17, 15) is 9.59 Å². The normalized spacial score (nSPS) is 35.8. The fraction of sp³-hybridized carbons (Fsp3) is 0.476. The highest BCUT2D eigenvalue weighted by molar-refractivity contribution is 6.33. The van der Waals surface area contributed by atoms with Gasteiger partial charge in [0.15, 0.2) is 0 Å². The van der Waals surface area contributed by atoms with Crippen LogP contribution in [0, 0.1) is 28.6 Å². The van der Waals surface area contributed by atoms with Crippen LogP contribution in [0.25, 0.3) is 0 Å². The van der Waals surface area contributed by atoms with Crippen molar-refractivity contribution in [3.8, 4) is 0 Å². The third-order valence-corrected chi connectivity index (χ3v) is 7.08. The summed E-state index contributed by atoms with van der Waals surface area (Å²) in [4.78, 5) is 26.4. The smallest absolute Gasteiger partial charge is 0.254 e. The Labute approximate surface area is 158 Å². The molecule has 1 aromatic rings. The van der Waals surface area contributed by atoms with Crippen molar-refractivity contribution in [1.29, 1.82) is 0 Å². The lowest BCUT2D eigenvalue weighted by Gasteiger charge is -2.55. The van der Waals surface area contributed by atoms with Crippen molar-refractivity contribution in [2.24, 2.45) is 33.7 Å². The van der Waals surface area contributed by atoms with Gasteiger partial charge in [0, 0.05) is 16.0 Å². The Morgan fingerprint density at radius 3 is 2.46 bits per heavy atom. The highest BCUT2D eigenvalue weighted by Crippen LogP contribution is 2.64. The van der Waals surface area contributed by atoms with Gasteiger partial charge in [0.05, 0.1) is 18.1 Å². The molecule has 3 aliphatic carbocycles. The Morgan fingerprint density at radius 1 is 1.15 bits per heavy atom. The van der Waals surface area contributed by atoms with Crippen molar-refractivity contribution < 1.29 is 9.59 Å². The van der Waals surface area contributed by atoms with Crippen LogP contribution in [0.15, 0.2) is 41.5 Å². The Morgan fingerprint density at radius 2 is 1.85 bits per heavy atom. The summed E-state index contributed by atoms with van der Waals surface area (Å²) in [6.07, 6.45) is 7.76. The van der Waals surface area contributed by atoms with Crippen molar-refractivity contribution in [2.75, 3.05) is 0 Å². The van der Waals surface area contributed by atoms with Crippen LogP contribution < -0.4 is 0 Å². The van der Waals surface area contributed by atoms with Crippen molar-refractivity contribution >= 4 is 29.6 Å². The minimum Gasteiger partial charge on any atom is -0.272 e. The molecule has 0 unspecified atom stereocenters. The molecule has 4 atom stereocenters. The van der Waals surface area contributed by atoms with Crippen LogP contribution in [0.5, 0.6) is 0 Å². The summed E-state index contributed by atoms with van der Waals surface area (Å²) in [6.45, 7) is 6.38. The molecule has 1 saturated heterocycles. The average molecular weight is 371 g/mol. The molecule has 136 valence electrons. The van der Waals surface area contributed by atoms with Crippen LogP contribution in [0.4, 0.5) is 0 Å². The SMILES string of the molecule is CC(C)[C@]12C=C[C@](C)(CC1)[C@H]1C(=O)N(/N=C/c3ccccc3Cl)C(=O)[C@H]12. The molecule has 0 N–H and O–H groups in total. The molecule has 0 radical (unpaired) electrons. The second-order valence-electron chi connectivity index (χ2n) is 8.32. The van der Waals surface area contributed by atoms with Gasteiger partial charge < -0.3 is 0 Å². The van der Waals surface area contributed by atoms with Gasteiger partial charge in [-0.3, -0.25) is 9.59 Å². The lowest BCUT2D eigenvalue weighted by Crippen LogP contribution is -2.53. The minimum absolute atomic E-state index is 0.174. The highest BCUT2D eigenvalue weighted by Gasteiger charge is 2.67. The highest BCUT2D eigenvalue weighted by atomic mass is 35.5. The molecule has 26 heavy (non-hydrogen) atoms. The number of nitrogens with zero attached hydrogens (tertiary/aromatic N) is 2. The minimum atomic E-state index is -0.320. The van der Waals surface area contributed by atoms with Gasteiger partial charge in [0.25, 0.3) is 11.8 Å². The molecule has 1 heterocycles. The third-order valence-electron chi connectivity index (χ3n) is 6.74. The number of hydrogen-bond donors (Lipinski definition) is 0. The number of allylic oxidation sites excluding steroid dienone is 2. The van der Waals surface area contributed by atoms with Crippen molar-refractivity contribution in [1.82, 2.24) is 5.01 Å². The molecular weight excluding hydrogens is 348 g/mol. The molecule has 1 aliphatic heterocycles. The first kappa shape index (κ1) is 17.5. The molecule has 2 amide bonds. The van der Waals surface area contributed by atoms with Gasteiger partial charge >= 0.3 is 0 Å². The van der Waals surface area contributed by atoms with E-state index in [0.29, 0.717) is 16.5 Å². The molecule has 4 nitrogen and oxygen atoms in total. The Balaban J connectivity index is 1.73. The Bertz CT molecular complexity index is 846. The summed E-state index contributed by atoms with van der Waals surface area (Å²) in [7, 11) is 0. The van der Waals surface area contributed by atoms with E-state index in [2.05, 4.69) is 38.0 Å². The number of hydrazone groups is 1. The largest absolute Gasteiger partial charge is 0.272 e. The van der Waals surface area contributed by atoms with Crippen LogP contribution in [-0.4, -0.2) is 23.0 Å². The van der Waals surface area contributed by atoms with E-state index in [1.807, 2.05) is 18.2 Å². The number of hydrogen-bond acceptors (Lipinski definition) is 3. The van der Waals surface area contributed by atoms with Gasteiger partial charge in [-0.05, 0) is 30.2 Å². The summed E-state index contributed by atoms with van der Waals surface area (Å²) < 4.78 is 0. The Hall–Kier alpha value is -1.94. The fourth-order valence-electron chi connectivity index (χ4n) is 5.03. The second-order valence-corrected chi connectivity index (χ2v) is 8.72. The first-order valence-electron chi connectivity index (χ1n) is 9.17. The van der Waals surface area contributed by atoms with Gasteiger partial charge in [0.1, 0.15) is 0 Å². The van der Waals surface area contributed by atoms with Crippen molar-refractivity contribution in [3.05, 3.63) is 47.0 Å². The number of fused-ring (bicyclic) bond motifs is 1. The second kappa shape index (κ2) is 5.78. The van der Waals surface area contributed by atoms with E-state index < -0.39 is 0 Å². The van der Waals surface area contributed by atoms with Gasteiger partial charge in [-0.15, -0.1) is 0 Å². The van der Waals surface area contributed by atoms with E-state index in [4.69, 9.17) is 11.6 Å². The van der Waals surface area contributed by atoms with Crippen molar-refractivity contribution in [2.45, 2.75) is 33.6 Å². The maximum absolute atomic E-state index is 13.2. The number of halogens is 1. The zero-order valence-electron chi connectivity index (χ0n) is 15.3. The first-order valence-corrected chi connectivity index (χ1v) is 9.55. The van der Waals surface area contributed by atoms with Crippen LogP contribution in [0.2, 0.25) is 5.02 Å². The molecule has 1 aromatic carbocycles. The number of rotatable bonds is 3. The number of imide groups is 1. The molecule has 0 aromatic heterocycles. The molecule has 0 spiro atoms. The lowest BCUT2D eigenvalue weighted by atomic mass is 9.46. The number of benzene rings is 1. The standard InChI is InChI=1S/C21H23ClN2O2/c1-13(2)21-10-8-20(3,9-11-21)16-17(21)19(26)24(18(16)25)23-12-14-6-4-5-7-15(14)22/h4-8,10,12-13,16-17H,9,11H2,1-3H3/b23-12+/t16-,17+,20-,21+/m1/s1. The van der Waals surface area contributed by atoms with Crippen molar-refractivity contribution in [3.63, 3.8) is 0 Å². The van der Waals surface area contributed by atoms with Crippen LogP contribution in [-0.2, 0) is 9.59 Å². The maximum Gasteiger partial charge on any atom is 0.254 e. The average Bonchev–Trinajstić information content (AvgIpc) is 2.88. The maximum atomic E-state index is 13.2. The van der Waals surface area contributed by atoms with E-state index in [1.165, 1.54) is 6.21 Å². The molecule has 5 heteroatoms. The monoisotopic (exact) mass is 370 g/mol. The molecule has 2 fully saturated rings. The predicted molar refractivity (Wildman–Crippen MR) is 102 cm³/mol. The fourth-order valence-corrected chi connectivity index (χ4v) is 5.21. The van der Waals surface area contributed by atoms with E-state index in [1.54, 1.807) is 6.07 Å². The van der Waals surface area contributed by atoms with E-state index in [0.717, 1.165) is 17.9 Å². The molecule has 1 saturated carbocycles. The summed E-state index contributed by atoms with van der Waals surface area (Å²) in [5.74, 6) is -0.700. The Kier molecular flexibility index (Phi) is 3.88.